The first-order valence-electron chi connectivity index (χ1n) is 2.02. The fraction of sp³-hybridized carbons (Fsp3) is 0. The third kappa shape index (κ3) is 2.45. The highest BCUT2D eigenvalue weighted by molar-refractivity contribution is 5.75. The van der Waals surface area contributed by atoms with E-state index in [9.17, 15) is 9.70 Å². The van der Waals surface area contributed by atoms with E-state index in [1.54, 1.807) is 0 Å². The summed E-state index contributed by atoms with van der Waals surface area (Å²) in [7, 11) is 0. The van der Waals surface area contributed by atoms with Gasteiger partial charge in [0.25, 0.3) is 5.96 Å². The number of amides is 1. The molecule has 0 spiro atoms. The molecule has 0 aliphatic carbocycles. The van der Waals surface area contributed by atoms with Crippen LogP contribution in [-0.2, 0) is 4.84 Å². The van der Waals surface area contributed by atoms with Gasteiger partial charge in [-0.2, -0.15) is 0 Å². The van der Waals surface area contributed by atoms with E-state index < -0.39 is 12.1 Å². The Hall–Kier alpha value is -1.86. The lowest BCUT2D eigenvalue weighted by Crippen LogP contribution is -2.35. The van der Waals surface area contributed by atoms with E-state index in [2.05, 4.69) is 16.3 Å². The highest BCUT2D eigenvalue weighted by Crippen LogP contribution is 1.87. The van der Waals surface area contributed by atoms with Crippen LogP contribution in [0, 0.1) is 10.3 Å². The Morgan fingerprint density at radius 2 is 2.10 bits per heavy atom. The minimum Gasteiger partial charge on any atom is -0.366 e. The average molecular weight is 147 g/mol. The molecule has 0 saturated heterocycles. The van der Waals surface area contributed by atoms with Crippen LogP contribution in [0.2, 0.25) is 0 Å². The van der Waals surface area contributed by atoms with Gasteiger partial charge in [0.2, 0.25) is 0 Å². The molecule has 0 saturated carbocycles. The van der Waals surface area contributed by atoms with Crippen molar-refractivity contribution in [2.75, 3.05) is 0 Å². The molecule has 56 valence electrons. The van der Waals surface area contributed by atoms with Crippen molar-refractivity contribution < 1.29 is 9.63 Å². The normalized spacial score (nSPS) is 8.00. The highest BCUT2D eigenvalue weighted by Gasteiger charge is 2.09. The fourth-order valence-corrected chi connectivity index (χ4v) is 0.195. The van der Waals surface area contributed by atoms with Crippen molar-refractivity contribution in [2.45, 2.75) is 0 Å². The zero-order chi connectivity index (χ0) is 8.15. The van der Waals surface area contributed by atoms with Crippen LogP contribution in [0.1, 0.15) is 0 Å². The molecule has 0 aromatic heterocycles. The number of primary amides is 1. The predicted molar refractivity (Wildman–Crippen MR) is 30.2 cm³/mol. The number of nitrogens with zero attached hydrogens (tertiary/aromatic N) is 2. The topological polar surface area (TPSA) is 135 Å². The Morgan fingerprint density at radius 1 is 1.60 bits per heavy atom. The van der Waals surface area contributed by atoms with Gasteiger partial charge in [-0.3, -0.25) is 10.2 Å². The monoisotopic (exact) mass is 147 g/mol. The molecular formula is C2H5N5O3. The molecule has 0 aliphatic rings. The number of carbonyl (C=O) groups excluding carboxylic acids is 1. The highest BCUT2D eigenvalue weighted by atomic mass is 16.8. The molecule has 0 bridgehead atoms. The molecule has 0 aromatic rings. The SMILES string of the molecule is N=C(N)N(N=O)OC(N)=O. The van der Waals surface area contributed by atoms with Crippen molar-refractivity contribution in [3.8, 4) is 0 Å². The van der Waals surface area contributed by atoms with E-state index in [0.29, 0.717) is 0 Å². The Bertz CT molecular complexity index is 166. The van der Waals surface area contributed by atoms with Crippen LogP contribution in [0.3, 0.4) is 0 Å². The first-order valence-corrected chi connectivity index (χ1v) is 2.02. The molecule has 0 aliphatic heterocycles. The summed E-state index contributed by atoms with van der Waals surface area (Å²) in [6.07, 6.45) is -1.27. The van der Waals surface area contributed by atoms with Gasteiger partial charge in [0, 0.05) is 0 Å². The molecule has 0 rings (SSSR count). The van der Waals surface area contributed by atoms with Crippen molar-refractivity contribution in [3.05, 3.63) is 4.91 Å². The van der Waals surface area contributed by atoms with Crippen LogP contribution in [0.25, 0.3) is 0 Å². The molecule has 0 aromatic carbocycles. The molecule has 1 amide bonds. The lowest BCUT2D eigenvalue weighted by Gasteiger charge is -2.07. The molecule has 0 heterocycles. The lowest BCUT2D eigenvalue weighted by atomic mass is 11.1. The summed E-state index contributed by atoms with van der Waals surface area (Å²) in [6.45, 7) is 0. The van der Waals surface area contributed by atoms with E-state index in [1.807, 2.05) is 5.29 Å². The molecule has 5 N–H and O–H groups in total. The smallest absolute Gasteiger partial charge is 0.366 e. The maximum Gasteiger partial charge on any atom is 0.430 e. The zero-order valence-electron chi connectivity index (χ0n) is 4.77. The summed E-state index contributed by atoms with van der Waals surface area (Å²) in [5, 5.41) is 8.51. The van der Waals surface area contributed by atoms with Crippen molar-refractivity contribution in [3.63, 3.8) is 0 Å². The standard InChI is InChI=1S/C2H5N5O3/c3-1(4)7(6-9)10-2(5)8/h(H3,3,4)(H2,5,8). The van der Waals surface area contributed by atoms with Gasteiger partial charge in [-0.15, -0.1) is 4.91 Å². The molecule has 0 radical (unpaired) electrons. The van der Waals surface area contributed by atoms with Gasteiger partial charge >= 0.3 is 6.09 Å². The van der Waals surface area contributed by atoms with Crippen molar-refractivity contribution in [1.29, 1.82) is 5.41 Å². The summed E-state index contributed by atoms with van der Waals surface area (Å²) in [4.78, 5) is 23.3. The molecule has 8 nitrogen and oxygen atoms in total. The predicted octanol–water partition coefficient (Wildman–Crippen LogP) is -1.13. The third-order valence-electron chi connectivity index (χ3n) is 0.457. The van der Waals surface area contributed by atoms with E-state index in [0.717, 1.165) is 0 Å². The van der Waals surface area contributed by atoms with Crippen molar-refractivity contribution in [2.24, 2.45) is 16.8 Å². The second-order valence-corrected chi connectivity index (χ2v) is 1.15. The molecular weight excluding hydrogens is 142 g/mol. The van der Waals surface area contributed by atoms with Crippen LogP contribution in [0.4, 0.5) is 4.79 Å². The maximum atomic E-state index is 9.88. The Balaban J connectivity index is 3.96. The molecule has 10 heavy (non-hydrogen) atoms. The Kier molecular flexibility index (Phi) is 2.62. The van der Waals surface area contributed by atoms with Crippen LogP contribution >= 0.6 is 0 Å². The number of rotatable bonds is 1. The van der Waals surface area contributed by atoms with Gasteiger partial charge in [0.15, 0.2) is 0 Å². The second kappa shape index (κ2) is 3.22. The largest absolute Gasteiger partial charge is 0.430 e. The van der Waals surface area contributed by atoms with Gasteiger partial charge in [-0.1, -0.05) is 0 Å². The first kappa shape index (κ1) is 8.14. The quantitative estimate of drug-likeness (QED) is 0.187. The van der Waals surface area contributed by atoms with Crippen molar-refractivity contribution in [1.82, 2.24) is 5.17 Å². The van der Waals surface area contributed by atoms with Crippen LogP contribution in [0.5, 0.6) is 0 Å². The number of hydroxylamine groups is 1. The summed E-state index contributed by atoms with van der Waals surface area (Å²) in [6, 6.07) is 0. The van der Waals surface area contributed by atoms with E-state index in [-0.39, 0.29) is 5.17 Å². The van der Waals surface area contributed by atoms with Crippen molar-refractivity contribution >= 4 is 12.1 Å². The van der Waals surface area contributed by atoms with E-state index in [4.69, 9.17) is 5.41 Å². The minimum absolute atomic E-state index is 0.0532. The number of nitrogens with one attached hydrogen (secondary N) is 1. The summed E-state index contributed by atoms with van der Waals surface area (Å²) < 4.78 is 0. The summed E-state index contributed by atoms with van der Waals surface area (Å²) in [5.41, 5.74) is 9.13. The molecule has 0 atom stereocenters. The van der Waals surface area contributed by atoms with E-state index in [1.165, 1.54) is 0 Å². The van der Waals surface area contributed by atoms with E-state index >= 15 is 0 Å². The Labute approximate surface area is 55.1 Å². The third-order valence-corrected chi connectivity index (χ3v) is 0.457. The minimum atomic E-state index is -1.27. The van der Waals surface area contributed by atoms with Crippen LogP contribution < -0.4 is 11.5 Å². The molecule has 0 fully saturated rings. The summed E-state index contributed by atoms with van der Waals surface area (Å²) >= 11 is 0. The molecule has 8 heteroatoms. The average Bonchev–Trinajstić information content (AvgIpc) is 1.81. The first-order chi connectivity index (χ1) is 4.57. The maximum absolute atomic E-state index is 9.88. The number of carbonyl (C=O) groups is 1. The van der Waals surface area contributed by atoms with Gasteiger partial charge < -0.3 is 11.5 Å². The molecule has 0 unspecified atom stereocenters. The second-order valence-electron chi connectivity index (χ2n) is 1.15. The van der Waals surface area contributed by atoms with Gasteiger partial charge in [-0.25, -0.2) is 4.79 Å². The van der Waals surface area contributed by atoms with Gasteiger partial charge in [0.1, 0.15) is 0 Å². The number of nitrogens with two attached hydrogens (primary N) is 2. The summed E-state index contributed by atoms with van der Waals surface area (Å²) in [5.74, 6) is -0.825. The van der Waals surface area contributed by atoms with Gasteiger partial charge in [0.05, 0.1) is 5.29 Å². The van der Waals surface area contributed by atoms with Crippen LogP contribution in [0.15, 0.2) is 5.29 Å². The fourth-order valence-electron chi connectivity index (χ4n) is 0.195. The number of hydrogen-bond acceptors (Lipinski definition) is 5. The Morgan fingerprint density at radius 3 is 2.20 bits per heavy atom. The number of hydrogen-bond donors (Lipinski definition) is 3. The number of nitroso groups, excluding NO2 is 1. The zero-order valence-corrected chi connectivity index (χ0v) is 4.77. The van der Waals surface area contributed by atoms with Gasteiger partial charge in [-0.05, 0) is 5.17 Å². The number of guanidine groups is 1. The van der Waals surface area contributed by atoms with Crippen LogP contribution in [-0.4, -0.2) is 17.2 Å². The lowest BCUT2D eigenvalue weighted by molar-refractivity contribution is -0.0329.